The molecule has 0 saturated heterocycles. The number of thiophene rings is 1. The molecule has 0 spiro atoms. The molecule has 0 radical (unpaired) electrons. The van der Waals surface area contributed by atoms with E-state index in [1.165, 1.54) is 23.1 Å². The average Bonchev–Trinajstić information content (AvgIpc) is 3.54. The lowest BCUT2D eigenvalue weighted by Gasteiger charge is -2.13. The summed E-state index contributed by atoms with van der Waals surface area (Å²) < 4.78 is 19.4. The van der Waals surface area contributed by atoms with Crippen LogP contribution in [0.2, 0.25) is 0 Å². The van der Waals surface area contributed by atoms with Crippen LogP contribution < -0.4 is 25.1 Å². The van der Waals surface area contributed by atoms with Gasteiger partial charge in [0.25, 0.3) is 5.56 Å². The maximum absolute atomic E-state index is 13.7. The Morgan fingerprint density at radius 1 is 1.11 bits per heavy atom. The summed E-state index contributed by atoms with van der Waals surface area (Å²) in [5.41, 5.74) is 2.02. The van der Waals surface area contributed by atoms with Crippen molar-refractivity contribution in [1.29, 1.82) is 0 Å². The second kappa shape index (κ2) is 9.79. The Kier molecular flexibility index (Phi) is 6.19. The van der Waals surface area contributed by atoms with Gasteiger partial charge in [-0.05, 0) is 35.9 Å². The molecule has 0 unspecified atom stereocenters. The number of thioether (sulfide) groups is 1. The molecule has 10 heteroatoms. The highest BCUT2D eigenvalue weighted by Gasteiger charge is 2.19. The first kappa shape index (κ1) is 23.4. The highest BCUT2D eigenvalue weighted by atomic mass is 32.2. The minimum Gasteiger partial charge on any atom is -0.497 e. The minimum atomic E-state index is -0.211. The Bertz CT molecular complexity index is 1710. The molecule has 5 aromatic rings. The maximum atomic E-state index is 13.7. The molecule has 0 bridgehead atoms. The third kappa shape index (κ3) is 4.61. The number of nitrogens with one attached hydrogen (secondary N) is 1. The van der Waals surface area contributed by atoms with Gasteiger partial charge in [0.15, 0.2) is 16.7 Å². The molecule has 6 rings (SSSR count). The van der Waals surface area contributed by atoms with E-state index >= 15 is 0 Å². The SMILES string of the molecule is COc1cccc(NC(=O)CSc2nc3c(sc4ccccc43)c(=O)n2Cc2ccc3c(c2)OCO3)c1. The maximum Gasteiger partial charge on any atom is 0.272 e. The number of benzene rings is 3. The summed E-state index contributed by atoms with van der Waals surface area (Å²) in [6.07, 6.45) is 0. The fraction of sp³-hybridized carbons (Fsp3) is 0.148. The Balaban J connectivity index is 1.34. The molecule has 1 amide bonds. The van der Waals surface area contributed by atoms with E-state index in [0.29, 0.717) is 38.3 Å². The Morgan fingerprint density at radius 3 is 2.86 bits per heavy atom. The zero-order valence-corrected chi connectivity index (χ0v) is 21.4. The van der Waals surface area contributed by atoms with E-state index in [2.05, 4.69) is 5.32 Å². The predicted molar refractivity (Wildman–Crippen MR) is 145 cm³/mol. The number of amides is 1. The molecular formula is C27H21N3O5S2. The van der Waals surface area contributed by atoms with Crippen molar-refractivity contribution in [2.24, 2.45) is 0 Å². The van der Waals surface area contributed by atoms with Gasteiger partial charge in [0.2, 0.25) is 12.7 Å². The van der Waals surface area contributed by atoms with E-state index < -0.39 is 0 Å². The minimum absolute atomic E-state index is 0.0817. The molecule has 2 aromatic heterocycles. The monoisotopic (exact) mass is 531 g/mol. The molecule has 37 heavy (non-hydrogen) atoms. The largest absolute Gasteiger partial charge is 0.497 e. The summed E-state index contributed by atoms with van der Waals surface area (Å²) in [6.45, 7) is 0.462. The van der Waals surface area contributed by atoms with Gasteiger partial charge in [-0.1, -0.05) is 42.1 Å². The molecule has 3 heterocycles. The number of anilines is 1. The summed E-state index contributed by atoms with van der Waals surface area (Å²) in [5, 5.41) is 4.28. The van der Waals surface area contributed by atoms with Crippen molar-refractivity contribution < 1.29 is 19.0 Å². The highest BCUT2D eigenvalue weighted by molar-refractivity contribution is 7.99. The third-order valence-electron chi connectivity index (χ3n) is 5.91. The van der Waals surface area contributed by atoms with Crippen LogP contribution in [0.1, 0.15) is 5.56 Å². The highest BCUT2D eigenvalue weighted by Crippen LogP contribution is 2.34. The van der Waals surface area contributed by atoms with E-state index in [4.69, 9.17) is 19.2 Å². The van der Waals surface area contributed by atoms with E-state index in [1.54, 1.807) is 23.8 Å². The number of rotatable bonds is 7. The number of aromatic nitrogens is 2. The molecule has 0 saturated carbocycles. The second-order valence-electron chi connectivity index (χ2n) is 8.32. The van der Waals surface area contributed by atoms with Crippen LogP contribution in [0.15, 0.2) is 76.7 Å². The van der Waals surface area contributed by atoms with Gasteiger partial charge in [-0.2, -0.15) is 0 Å². The van der Waals surface area contributed by atoms with E-state index in [-0.39, 0.29) is 30.6 Å². The van der Waals surface area contributed by atoms with Crippen LogP contribution in [-0.4, -0.2) is 35.1 Å². The van der Waals surface area contributed by atoms with E-state index in [9.17, 15) is 9.59 Å². The van der Waals surface area contributed by atoms with Crippen molar-refractivity contribution in [2.75, 3.05) is 25.0 Å². The number of fused-ring (bicyclic) bond motifs is 4. The first-order valence-corrected chi connectivity index (χ1v) is 13.3. The van der Waals surface area contributed by atoms with E-state index in [0.717, 1.165) is 15.6 Å². The second-order valence-corrected chi connectivity index (χ2v) is 10.3. The van der Waals surface area contributed by atoms with Gasteiger partial charge in [0.1, 0.15) is 10.4 Å². The quantitative estimate of drug-likeness (QED) is 0.230. The lowest BCUT2D eigenvalue weighted by atomic mass is 10.2. The summed E-state index contributed by atoms with van der Waals surface area (Å²) in [7, 11) is 1.58. The Labute approximate surface area is 219 Å². The zero-order chi connectivity index (χ0) is 25.4. The fourth-order valence-corrected chi connectivity index (χ4v) is 6.04. The summed E-state index contributed by atoms with van der Waals surface area (Å²) in [4.78, 5) is 31.4. The molecule has 1 aliphatic heterocycles. The number of methoxy groups -OCH3 is 1. The smallest absolute Gasteiger partial charge is 0.272 e. The molecule has 3 aromatic carbocycles. The predicted octanol–water partition coefficient (Wildman–Crippen LogP) is 5.13. The van der Waals surface area contributed by atoms with Crippen LogP contribution in [0.25, 0.3) is 20.3 Å². The van der Waals surface area contributed by atoms with Crippen LogP contribution in [0.4, 0.5) is 5.69 Å². The number of hydrogen-bond acceptors (Lipinski definition) is 8. The van der Waals surface area contributed by atoms with Gasteiger partial charge < -0.3 is 19.5 Å². The van der Waals surface area contributed by atoms with Crippen molar-refractivity contribution in [1.82, 2.24) is 9.55 Å². The molecule has 1 aliphatic rings. The van der Waals surface area contributed by atoms with Gasteiger partial charge in [0.05, 0.1) is 24.9 Å². The van der Waals surface area contributed by atoms with Crippen molar-refractivity contribution in [3.63, 3.8) is 0 Å². The number of nitrogens with zero attached hydrogens (tertiary/aromatic N) is 2. The zero-order valence-electron chi connectivity index (χ0n) is 19.7. The number of ether oxygens (including phenoxy) is 3. The van der Waals surface area contributed by atoms with Gasteiger partial charge in [-0.15, -0.1) is 11.3 Å². The summed E-state index contributed by atoms with van der Waals surface area (Å²) in [6, 6.07) is 20.6. The number of carbonyl (C=O) groups is 1. The number of hydrogen-bond donors (Lipinski definition) is 1. The topological polar surface area (TPSA) is 91.7 Å². The van der Waals surface area contributed by atoms with Gasteiger partial charge >= 0.3 is 0 Å². The van der Waals surface area contributed by atoms with Crippen LogP contribution in [0.3, 0.4) is 0 Å². The van der Waals surface area contributed by atoms with Gasteiger partial charge in [-0.3, -0.25) is 14.2 Å². The van der Waals surface area contributed by atoms with Gasteiger partial charge in [0, 0.05) is 21.8 Å². The molecule has 1 N–H and O–H groups in total. The normalized spacial score (nSPS) is 12.2. The lowest BCUT2D eigenvalue weighted by molar-refractivity contribution is -0.113. The molecule has 8 nitrogen and oxygen atoms in total. The number of carbonyl (C=O) groups excluding carboxylic acids is 1. The van der Waals surface area contributed by atoms with Crippen molar-refractivity contribution in [3.8, 4) is 17.2 Å². The molecular weight excluding hydrogens is 510 g/mol. The third-order valence-corrected chi connectivity index (χ3v) is 8.03. The fourth-order valence-electron chi connectivity index (χ4n) is 4.15. The molecule has 0 aliphatic carbocycles. The summed E-state index contributed by atoms with van der Waals surface area (Å²) in [5.74, 6) is 1.85. The van der Waals surface area contributed by atoms with Crippen LogP contribution >= 0.6 is 23.1 Å². The first-order chi connectivity index (χ1) is 18.1. The van der Waals surface area contributed by atoms with Crippen LogP contribution in [-0.2, 0) is 11.3 Å². The Morgan fingerprint density at radius 2 is 1.97 bits per heavy atom. The van der Waals surface area contributed by atoms with Crippen LogP contribution in [0, 0.1) is 0 Å². The van der Waals surface area contributed by atoms with Crippen molar-refractivity contribution in [3.05, 3.63) is 82.6 Å². The standard InChI is InChI=1S/C27H21N3O5S2/c1-33-18-6-4-5-17(12-18)28-23(31)14-36-27-29-24-19-7-2-3-8-22(19)37-25(24)26(32)30(27)13-16-9-10-20-21(11-16)35-15-34-20/h2-12H,13-15H2,1H3,(H,28,31). The van der Waals surface area contributed by atoms with Crippen molar-refractivity contribution in [2.45, 2.75) is 11.7 Å². The Hall–Kier alpha value is -4.02. The van der Waals surface area contributed by atoms with Crippen molar-refractivity contribution >= 4 is 55.0 Å². The first-order valence-electron chi connectivity index (χ1n) is 11.5. The molecule has 186 valence electrons. The molecule has 0 fully saturated rings. The lowest BCUT2D eigenvalue weighted by Crippen LogP contribution is -2.24. The average molecular weight is 532 g/mol. The van der Waals surface area contributed by atoms with Crippen LogP contribution in [0.5, 0.6) is 17.2 Å². The van der Waals surface area contributed by atoms with Gasteiger partial charge in [-0.25, -0.2) is 4.98 Å². The molecule has 0 atom stereocenters. The van der Waals surface area contributed by atoms with E-state index in [1.807, 2.05) is 54.6 Å². The summed E-state index contributed by atoms with van der Waals surface area (Å²) >= 11 is 2.66.